The maximum atomic E-state index is 12.9. The summed E-state index contributed by atoms with van der Waals surface area (Å²) >= 11 is 0. The van der Waals surface area contributed by atoms with Gasteiger partial charge in [-0.2, -0.15) is 0 Å². The van der Waals surface area contributed by atoms with E-state index in [1.54, 1.807) is 0 Å². The highest BCUT2D eigenvalue weighted by atomic mass is 16.6. The topological polar surface area (TPSA) is 78.9 Å². The lowest BCUT2D eigenvalue weighted by atomic mass is 10.0. The number of carbonyl (C=O) groups excluding carboxylic acids is 3. The summed E-state index contributed by atoms with van der Waals surface area (Å²) in [7, 11) is 0. The third kappa shape index (κ3) is 58.6. The van der Waals surface area contributed by atoms with Crippen LogP contribution < -0.4 is 0 Å². The molecule has 0 aromatic rings. The fourth-order valence-corrected chi connectivity index (χ4v) is 8.03. The van der Waals surface area contributed by atoms with Crippen LogP contribution in [0.25, 0.3) is 0 Å². The highest BCUT2D eigenvalue weighted by Gasteiger charge is 2.19. The number of carbonyl (C=O) groups is 3. The van der Waals surface area contributed by atoms with E-state index in [2.05, 4.69) is 142 Å². The average Bonchev–Trinajstić information content (AvgIpc) is 3.39. The van der Waals surface area contributed by atoms with Gasteiger partial charge in [-0.05, 0) is 103 Å². The Bertz CT molecular complexity index is 1540. The van der Waals surface area contributed by atoms with Gasteiger partial charge in [0.2, 0.25) is 0 Å². The summed E-state index contributed by atoms with van der Waals surface area (Å²) in [6, 6.07) is 0. The Morgan fingerprint density at radius 2 is 0.548 bits per heavy atom. The van der Waals surface area contributed by atoms with Crippen molar-refractivity contribution in [3.05, 3.63) is 122 Å². The van der Waals surface area contributed by atoms with Crippen LogP contribution in [0.3, 0.4) is 0 Å². The second-order valence-corrected chi connectivity index (χ2v) is 19.5. The van der Waals surface area contributed by atoms with Crippen LogP contribution >= 0.6 is 0 Å². The van der Waals surface area contributed by atoms with Crippen LogP contribution in [0.2, 0.25) is 0 Å². The van der Waals surface area contributed by atoms with Gasteiger partial charge in [0.1, 0.15) is 13.2 Å². The molecule has 0 rings (SSSR count). The van der Waals surface area contributed by atoms with Crippen molar-refractivity contribution < 1.29 is 28.6 Å². The summed E-state index contributed by atoms with van der Waals surface area (Å²) in [5.74, 6) is -0.970. The number of unbranched alkanes of at least 4 members (excludes halogenated alkanes) is 22. The van der Waals surface area contributed by atoms with Gasteiger partial charge in [-0.3, -0.25) is 14.4 Å². The van der Waals surface area contributed by atoms with Gasteiger partial charge in [-0.25, -0.2) is 0 Å². The van der Waals surface area contributed by atoms with E-state index in [1.165, 1.54) is 103 Å². The Balaban J connectivity index is 4.49. The normalized spacial score (nSPS) is 13.0. The van der Waals surface area contributed by atoms with Crippen LogP contribution in [0.1, 0.15) is 265 Å². The number of esters is 3. The quantitative estimate of drug-likeness (QED) is 0.0261. The molecule has 1 atom stereocenters. The van der Waals surface area contributed by atoms with Gasteiger partial charge in [-0.15, -0.1) is 0 Å². The molecule has 414 valence electrons. The molecule has 0 aliphatic heterocycles. The number of hydrogen-bond donors (Lipinski definition) is 0. The Kier molecular flexibility index (Phi) is 56.9. The lowest BCUT2D eigenvalue weighted by Crippen LogP contribution is -2.30. The lowest BCUT2D eigenvalue weighted by Gasteiger charge is -2.18. The van der Waals surface area contributed by atoms with Gasteiger partial charge in [0, 0.05) is 19.3 Å². The Labute approximate surface area is 450 Å². The molecule has 0 aliphatic carbocycles. The molecule has 0 saturated carbocycles. The molecule has 1 unspecified atom stereocenters. The van der Waals surface area contributed by atoms with Crippen molar-refractivity contribution in [1.82, 2.24) is 0 Å². The molecule has 0 saturated heterocycles. The van der Waals surface area contributed by atoms with E-state index in [9.17, 15) is 14.4 Å². The zero-order valence-corrected chi connectivity index (χ0v) is 47.4. The van der Waals surface area contributed by atoms with Crippen molar-refractivity contribution in [1.29, 1.82) is 0 Å². The van der Waals surface area contributed by atoms with E-state index >= 15 is 0 Å². The van der Waals surface area contributed by atoms with Crippen molar-refractivity contribution in [2.75, 3.05) is 13.2 Å². The first-order chi connectivity index (χ1) is 36.0. The molecule has 0 N–H and O–H groups in total. The van der Waals surface area contributed by atoms with Crippen LogP contribution in [-0.4, -0.2) is 37.2 Å². The third-order valence-electron chi connectivity index (χ3n) is 12.5. The molecule has 73 heavy (non-hydrogen) atoms. The number of allylic oxidation sites excluding steroid dienone is 20. The molecule has 0 amide bonds. The average molecular weight is 1010 g/mol. The van der Waals surface area contributed by atoms with E-state index in [1.807, 2.05) is 0 Å². The number of hydrogen-bond acceptors (Lipinski definition) is 6. The highest BCUT2D eigenvalue weighted by molar-refractivity contribution is 5.71. The minimum absolute atomic E-state index is 0.101. The predicted molar refractivity (Wildman–Crippen MR) is 316 cm³/mol. The van der Waals surface area contributed by atoms with Crippen LogP contribution in [0.4, 0.5) is 0 Å². The summed E-state index contributed by atoms with van der Waals surface area (Å²) in [6.45, 7) is 6.37. The monoisotopic (exact) mass is 1010 g/mol. The maximum Gasteiger partial charge on any atom is 0.306 e. The SMILES string of the molecule is CC/C=C\C/C=C\C/C=C\C/C=C\C/C=C\C/C=C\C/C=C\CCCC(=O)OCC(COC(=O)CCCCCCCCCCCCCCCCC)OC(=O)CCCCCCCCC/C=C\C/C=C\C/C=C\CC. The van der Waals surface area contributed by atoms with Gasteiger partial charge in [0.25, 0.3) is 0 Å². The smallest absolute Gasteiger partial charge is 0.306 e. The summed E-state index contributed by atoms with van der Waals surface area (Å²) in [5.41, 5.74) is 0. The molecule has 0 aromatic carbocycles. The van der Waals surface area contributed by atoms with E-state index in [-0.39, 0.29) is 37.5 Å². The first-order valence-corrected chi connectivity index (χ1v) is 30.0. The standard InChI is InChI=1S/C67H110O6/c1-4-7-10-13-16-19-22-25-28-30-31-32-33-34-35-37-39-42-45-48-51-54-57-60-66(69)72-63-64(62-71-65(68)59-56-53-50-47-44-41-38-27-24-21-18-15-12-9-6-3)73-67(70)61-58-55-52-49-46-43-40-36-29-26-23-20-17-14-11-8-5-2/h7-8,10-11,16-17,19-20,25-26,28-29,31-32,34-35,39,42,48,51,64H,4-6,9,12-15,18,21-24,27,30,33,36-38,40-41,43-47,49-50,52-63H2,1-3H3/b10-7-,11-8-,19-16-,20-17-,28-25-,29-26-,32-31-,35-34-,42-39-,51-48-. The van der Waals surface area contributed by atoms with Gasteiger partial charge in [0.05, 0.1) is 0 Å². The summed E-state index contributed by atoms with van der Waals surface area (Å²) in [5, 5.41) is 0. The molecular weight excluding hydrogens is 901 g/mol. The van der Waals surface area contributed by atoms with Crippen LogP contribution in [0.15, 0.2) is 122 Å². The van der Waals surface area contributed by atoms with E-state index in [0.717, 1.165) is 116 Å². The number of rotatable bonds is 53. The molecule has 6 nitrogen and oxygen atoms in total. The fourth-order valence-electron chi connectivity index (χ4n) is 8.03. The first-order valence-electron chi connectivity index (χ1n) is 30.0. The van der Waals surface area contributed by atoms with Crippen LogP contribution in [-0.2, 0) is 28.6 Å². The number of ether oxygens (including phenoxy) is 3. The van der Waals surface area contributed by atoms with E-state index in [0.29, 0.717) is 19.3 Å². The second-order valence-electron chi connectivity index (χ2n) is 19.5. The zero-order chi connectivity index (χ0) is 52.9. The Morgan fingerprint density at radius 1 is 0.288 bits per heavy atom. The lowest BCUT2D eigenvalue weighted by molar-refractivity contribution is -0.167. The van der Waals surface area contributed by atoms with Gasteiger partial charge in [-0.1, -0.05) is 264 Å². The molecule has 0 aliphatic rings. The van der Waals surface area contributed by atoms with Gasteiger partial charge < -0.3 is 14.2 Å². The van der Waals surface area contributed by atoms with Gasteiger partial charge >= 0.3 is 17.9 Å². The molecule has 0 aromatic heterocycles. The van der Waals surface area contributed by atoms with Crippen molar-refractivity contribution >= 4 is 17.9 Å². The van der Waals surface area contributed by atoms with Crippen LogP contribution in [0.5, 0.6) is 0 Å². The minimum atomic E-state index is -0.809. The Morgan fingerprint density at radius 3 is 0.890 bits per heavy atom. The second kappa shape index (κ2) is 60.4. The largest absolute Gasteiger partial charge is 0.462 e. The molecule has 0 spiro atoms. The third-order valence-corrected chi connectivity index (χ3v) is 12.5. The van der Waals surface area contributed by atoms with E-state index in [4.69, 9.17) is 14.2 Å². The van der Waals surface area contributed by atoms with Crippen molar-refractivity contribution in [2.45, 2.75) is 271 Å². The molecule has 0 fully saturated rings. The summed E-state index contributed by atoms with van der Waals surface area (Å²) < 4.78 is 16.8. The molecule has 0 bridgehead atoms. The minimum Gasteiger partial charge on any atom is -0.462 e. The molecule has 0 radical (unpaired) electrons. The van der Waals surface area contributed by atoms with Crippen LogP contribution in [0, 0.1) is 0 Å². The molecule has 0 heterocycles. The highest BCUT2D eigenvalue weighted by Crippen LogP contribution is 2.15. The molecular formula is C67H110O6. The van der Waals surface area contributed by atoms with Crippen molar-refractivity contribution in [3.63, 3.8) is 0 Å². The summed E-state index contributed by atoms with van der Waals surface area (Å²) in [4.78, 5) is 38.2. The predicted octanol–water partition coefficient (Wildman–Crippen LogP) is 20.4. The van der Waals surface area contributed by atoms with E-state index < -0.39 is 6.10 Å². The maximum absolute atomic E-state index is 12.9. The first kappa shape index (κ1) is 68.8. The fraction of sp³-hybridized carbons (Fsp3) is 0.657. The van der Waals surface area contributed by atoms with Crippen molar-refractivity contribution in [3.8, 4) is 0 Å². The van der Waals surface area contributed by atoms with Gasteiger partial charge in [0.15, 0.2) is 6.10 Å². The molecule has 6 heteroatoms. The zero-order valence-electron chi connectivity index (χ0n) is 47.4. The summed E-state index contributed by atoms with van der Waals surface area (Å²) in [6.07, 6.45) is 83.4. The van der Waals surface area contributed by atoms with Crippen molar-refractivity contribution in [2.24, 2.45) is 0 Å². The Hall–Kier alpha value is -4.19.